The number of benzene rings is 2. The maximum atomic E-state index is 12.5. The number of nitrogens with two attached hydrogens (primary N) is 1. The van der Waals surface area contributed by atoms with Crippen LogP contribution in [-0.4, -0.2) is 36.5 Å². The number of nitrogen functional groups attached to an aromatic ring is 1. The van der Waals surface area contributed by atoms with Crippen LogP contribution in [0.25, 0.3) is 0 Å². The van der Waals surface area contributed by atoms with Gasteiger partial charge in [-0.2, -0.15) is 0 Å². The molecule has 0 unspecified atom stereocenters. The largest absolute Gasteiger partial charge is 0.399 e. The predicted octanol–water partition coefficient (Wildman–Crippen LogP) is 3.72. The average Bonchev–Trinajstić information content (AvgIpc) is 2.69. The second-order valence-corrected chi connectivity index (χ2v) is 6.97. The van der Waals surface area contributed by atoms with Crippen LogP contribution in [-0.2, 0) is 11.2 Å². The number of likely N-dealkylation sites (tertiary alicyclic amines) is 1. The van der Waals surface area contributed by atoms with Gasteiger partial charge in [-0.15, -0.1) is 0 Å². The third-order valence-corrected chi connectivity index (χ3v) is 5.28. The molecule has 0 bridgehead atoms. The molecule has 2 aromatic carbocycles. The van der Waals surface area contributed by atoms with Crippen molar-refractivity contribution in [3.8, 4) is 0 Å². The molecule has 0 saturated carbocycles. The molecule has 0 atom stereocenters. The molecule has 1 amide bonds. The van der Waals surface area contributed by atoms with Crippen LogP contribution in [0.1, 0.15) is 31.7 Å². The van der Waals surface area contributed by atoms with Crippen LogP contribution in [0.4, 0.5) is 11.4 Å². The Labute approximate surface area is 156 Å². The molecule has 1 fully saturated rings. The number of amides is 1. The number of nitrogens with zero attached hydrogens (tertiary/aromatic N) is 2. The van der Waals surface area contributed by atoms with E-state index in [4.69, 9.17) is 5.73 Å². The number of hydrogen-bond acceptors (Lipinski definition) is 3. The SMILES string of the molecule is CCC(=O)N(c1ccccc1)C1CCN(CCc2ccccc2N)CC1. The van der Waals surface area contributed by atoms with Gasteiger partial charge in [0, 0.05) is 43.5 Å². The van der Waals surface area contributed by atoms with Gasteiger partial charge in [0.25, 0.3) is 0 Å². The van der Waals surface area contributed by atoms with Crippen LogP contribution < -0.4 is 10.6 Å². The Morgan fingerprint density at radius 2 is 1.73 bits per heavy atom. The molecule has 2 aromatic rings. The molecule has 0 radical (unpaired) electrons. The summed E-state index contributed by atoms with van der Waals surface area (Å²) in [6.45, 7) is 5.02. The molecule has 3 rings (SSSR count). The minimum Gasteiger partial charge on any atom is -0.399 e. The first kappa shape index (κ1) is 18.5. The molecule has 1 heterocycles. The van der Waals surface area contributed by atoms with Gasteiger partial charge in [0.15, 0.2) is 0 Å². The van der Waals surface area contributed by atoms with E-state index in [1.165, 1.54) is 5.56 Å². The molecule has 1 aliphatic heterocycles. The lowest BCUT2D eigenvalue weighted by Gasteiger charge is -2.38. The van der Waals surface area contributed by atoms with E-state index in [-0.39, 0.29) is 5.91 Å². The molecular weight excluding hydrogens is 322 g/mol. The van der Waals surface area contributed by atoms with E-state index in [0.29, 0.717) is 12.5 Å². The third kappa shape index (κ3) is 4.44. The Balaban J connectivity index is 1.58. The number of hydrogen-bond donors (Lipinski definition) is 1. The number of carbonyl (C=O) groups is 1. The lowest BCUT2D eigenvalue weighted by Crippen LogP contribution is -2.47. The number of carbonyl (C=O) groups excluding carboxylic acids is 1. The second-order valence-electron chi connectivity index (χ2n) is 6.97. The fraction of sp³-hybridized carbons (Fsp3) is 0.409. The van der Waals surface area contributed by atoms with Crippen LogP contribution >= 0.6 is 0 Å². The Kier molecular flexibility index (Phi) is 6.29. The number of piperidine rings is 1. The van der Waals surface area contributed by atoms with Gasteiger partial charge >= 0.3 is 0 Å². The van der Waals surface area contributed by atoms with Crippen LogP contribution in [0.3, 0.4) is 0 Å². The maximum absolute atomic E-state index is 12.5. The number of anilines is 2. The van der Waals surface area contributed by atoms with Gasteiger partial charge in [-0.25, -0.2) is 0 Å². The minimum absolute atomic E-state index is 0.215. The summed E-state index contributed by atoms with van der Waals surface area (Å²) in [4.78, 5) is 17.0. The summed E-state index contributed by atoms with van der Waals surface area (Å²) in [5, 5.41) is 0. The molecule has 26 heavy (non-hydrogen) atoms. The monoisotopic (exact) mass is 351 g/mol. The van der Waals surface area contributed by atoms with Crippen molar-refractivity contribution in [2.45, 2.75) is 38.6 Å². The first-order valence-electron chi connectivity index (χ1n) is 9.62. The van der Waals surface area contributed by atoms with Gasteiger partial charge in [0.1, 0.15) is 0 Å². The summed E-state index contributed by atoms with van der Waals surface area (Å²) < 4.78 is 0. The average molecular weight is 351 g/mol. The van der Waals surface area contributed by atoms with Gasteiger partial charge in [-0.3, -0.25) is 4.79 Å². The van der Waals surface area contributed by atoms with Crippen LogP contribution in [0.2, 0.25) is 0 Å². The van der Waals surface area contributed by atoms with Gasteiger partial charge in [-0.05, 0) is 43.0 Å². The summed E-state index contributed by atoms with van der Waals surface area (Å²) >= 11 is 0. The first-order valence-corrected chi connectivity index (χ1v) is 9.62. The highest BCUT2D eigenvalue weighted by Gasteiger charge is 2.28. The molecule has 4 heteroatoms. The zero-order valence-electron chi connectivity index (χ0n) is 15.6. The summed E-state index contributed by atoms with van der Waals surface area (Å²) in [6, 6.07) is 18.5. The van der Waals surface area contributed by atoms with Gasteiger partial charge in [-0.1, -0.05) is 43.3 Å². The van der Waals surface area contributed by atoms with Crippen molar-refractivity contribution in [3.05, 3.63) is 60.2 Å². The van der Waals surface area contributed by atoms with Crippen LogP contribution in [0, 0.1) is 0 Å². The van der Waals surface area contributed by atoms with E-state index in [1.807, 2.05) is 60.4 Å². The lowest BCUT2D eigenvalue weighted by atomic mass is 10.0. The van der Waals surface area contributed by atoms with Gasteiger partial charge in [0.2, 0.25) is 5.91 Å². The summed E-state index contributed by atoms with van der Waals surface area (Å²) in [5.74, 6) is 0.215. The molecule has 2 N–H and O–H groups in total. The van der Waals surface area contributed by atoms with E-state index < -0.39 is 0 Å². The number of rotatable bonds is 6. The first-order chi connectivity index (χ1) is 12.7. The predicted molar refractivity (Wildman–Crippen MR) is 108 cm³/mol. The molecule has 1 saturated heterocycles. The lowest BCUT2D eigenvalue weighted by molar-refractivity contribution is -0.119. The van der Waals surface area contributed by atoms with Gasteiger partial charge < -0.3 is 15.5 Å². The third-order valence-electron chi connectivity index (χ3n) is 5.28. The normalized spacial score (nSPS) is 15.7. The van der Waals surface area contributed by atoms with Crippen molar-refractivity contribution in [2.24, 2.45) is 0 Å². The summed E-state index contributed by atoms with van der Waals surface area (Å²) in [7, 11) is 0. The quantitative estimate of drug-likeness (QED) is 0.807. The van der Waals surface area contributed by atoms with Crippen LogP contribution in [0.15, 0.2) is 54.6 Å². The molecule has 0 aromatic heterocycles. The zero-order valence-corrected chi connectivity index (χ0v) is 15.6. The molecule has 4 nitrogen and oxygen atoms in total. The van der Waals surface area contributed by atoms with Crippen molar-refractivity contribution in [2.75, 3.05) is 30.3 Å². The fourth-order valence-electron chi connectivity index (χ4n) is 3.76. The van der Waals surface area contributed by atoms with Crippen molar-refractivity contribution in [1.29, 1.82) is 0 Å². The molecule has 0 spiro atoms. The molecule has 0 aliphatic carbocycles. The van der Waals surface area contributed by atoms with E-state index >= 15 is 0 Å². The maximum Gasteiger partial charge on any atom is 0.226 e. The highest BCUT2D eigenvalue weighted by molar-refractivity contribution is 5.93. The van der Waals surface area contributed by atoms with E-state index in [9.17, 15) is 4.79 Å². The Hall–Kier alpha value is -2.33. The van der Waals surface area contributed by atoms with Crippen molar-refractivity contribution < 1.29 is 4.79 Å². The van der Waals surface area contributed by atoms with E-state index in [2.05, 4.69) is 11.0 Å². The summed E-state index contributed by atoms with van der Waals surface area (Å²) in [5.41, 5.74) is 9.18. The van der Waals surface area contributed by atoms with E-state index in [1.54, 1.807) is 0 Å². The van der Waals surface area contributed by atoms with Crippen molar-refractivity contribution >= 4 is 17.3 Å². The van der Waals surface area contributed by atoms with E-state index in [0.717, 1.165) is 50.3 Å². The minimum atomic E-state index is 0.215. The second kappa shape index (κ2) is 8.86. The fourth-order valence-corrected chi connectivity index (χ4v) is 3.76. The highest BCUT2D eigenvalue weighted by atomic mass is 16.2. The topological polar surface area (TPSA) is 49.6 Å². The summed E-state index contributed by atoms with van der Waals surface area (Å²) in [6.07, 6.45) is 3.56. The smallest absolute Gasteiger partial charge is 0.226 e. The van der Waals surface area contributed by atoms with Crippen LogP contribution in [0.5, 0.6) is 0 Å². The Morgan fingerprint density at radius 3 is 2.38 bits per heavy atom. The number of para-hydroxylation sites is 2. The molecule has 1 aliphatic rings. The highest BCUT2D eigenvalue weighted by Crippen LogP contribution is 2.25. The standard InChI is InChI=1S/C22H29N3O/c1-2-22(26)25(19-9-4-3-5-10-19)20-13-16-24(17-14-20)15-12-18-8-6-7-11-21(18)23/h3-11,20H,2,12-17,23H2,1H3. The van der Waals surface area contributed by atoms with Crippen molar-refractivity contribution in [1.82, 2.24) is 4.90 Å². The Morgan fingerprint density at radius 1 is 1.08 bits per heavy atom. The van der Waals surface area contributed by atoms with Crippen molar-refractivity contribution in [3.63, 3.8) is 0 Å². The Bertz CT molecular complexity index is 708. The zero-order chi connectivity index (χ0) is 18.4. The molecular formula is C22H29N3O. The molecule has 138 valence electrons. The van der Waals surface area contributed by atoms with Gasteiger partial charge in [0.05, 0.1) is 0 Å².